The van der Waals surface area contributed by atoms with Crippen molar-refractivity contribution in [3.05, 3.63) is 249 Å². The van der Waals surface area contributed by atoms with Gasteiger partial charge in [0.05, 0.1) is 22.1 Å². The molecule has 10 aromatic carbocycles. The Hall–Kier alpha value is -9.19. The number of nitrogens with zero attached hydrogens (tertiary/aromatic N) is 5. The smallest absolute Gasteiger partial charge is 0.164 e. The average Bonchev–Trinajstić information content (AvgIpc) is 3.94. The number of fused-ring (bicyclic) bond motifs is 6. The third kappa shape index (κ3) is 6.76. The molecule has 0 amide bonds. The minimum absolute atomic E-state index is 0.618. The molecule has 0 fully saturated rings. The van der Waals surface area contributed by atoms with Crippen LogP contribution >= 0.6 is 0 Å². The van der Waals surface area contributed by atoms with Gasteiger partial charge in [-0.3, -0.25) is 0 Å². The van der Waals surface area contributed by atoms with Gasteiger partial charge in [-0.15, -0.1) is 0 Å². The van der Waals surface area contributed by atoms with Crippen molar-refractivity contribution in [1.82, 2.24) is 24.1 Å². The molecule has 5 heteroatoms. The first-order chi connectivity index (χ1) is 33.7. The maximum atomic E-state index is 5.20. The van der Waals surface area contributed by atoms with Gasteiger partial charge in [0.25, 0.3) is 0 Å². The third-order valence-electron chi connectivity index (χ3n) is 13.2. The van der Waals surface area contributed by atoms with Crippen LogP contribution in [-0.4, -0.2) is 24.1 Å². The summed E-state index contributed by atoms with van der Waals surface area (Å²) >= 11 is 0. The standard InChI is InChI=1S/C63H41N5/c1-4-18-42(19-5-1)51-28-10-11-31-55(51)63-65-61(43-20-6-2-7-21-43)64-62(66-63)48-24-16-22-44(38-48)45-23-17-27-50(39-45)68-57-32-14-12-29-52(57)54-36-34-47(41-60(54)68)46-35-37-59-56(40-46)53-30-13-15-33-58(53)67(59)49-25-8-3-9-26-49/h1-41H. The molecular weight excluding hydrogens is 827 g/mol. The quantitative estimate of drug-likeness (QED) is 0.153. The van der Waals surface area contributed by atoms with E-state index >= 15 is 0 Å². The lowest BCUT2D eigenvalue weighted by molar-refractivity contribution is 1.07. The van der Waals surface area contributed by atoms with Gasteiger partial charge in [0.2, 0.25) is 0 Å². The topological polar surface area (TPSA) is 48.5 Å². The Kier molecular flexibility index (Phi) is 9.43. The lowest BCUT2D eigenvalue weighted by atomic mass is 9.99. The van der Waals surface area contributed by atoms with Crippen molar-refractivity contribution in [3.63, 3.8) is 0 Å². The molecular formula is C63H41N5. The van der Waals surface area contributed by atoms with Crippen LogP contribution in [-0.2, 0) is 0 Å². The van der Waals surface area contributed by atoms with Crippen LogP contribution < -0.4 is 0 Å². The van der Waals surface area contributed by atoms with E-state index in [9.17, 15) is 0 Å². The molecule has 0 atom stereocenters. The van der Waals surface area contributed by atoms with Gasteiger partial charge in [-0.05, 0) is 94.0 Å². The molecule has 0 spiro atoms. The molecule has 318 valence electrons. The molecule has 0 unspecified atom stereocenters. The SMILES string of the molecule is c1ccc(-c2nc(-c3cccc(-c4cccc(-n5c6ccccc6c6ccc(-c7ccc8c(c7)c7ccccc7n8-c7ccccc7)cc65)c4)c3)nc(-c3ccccc3-c3ccccc3)n2)cc1. The van der Waals surface area contributed by atoms with Crippen molar-refractivity contribution in [3.8, 4) is 78.9 Å². The first kappa shape index (κ1) is 39.2. The molecule has 0 saturated carbocycles. The Morgan fingerprint density at radius 1 is 0.221 bits per heavy atom. The van der Waals surface area contributed by atoms with Crippen LogP contribution in [0.4, 0.5) is 0 Å². The fraction of sp³-hybridized carbons (Fsp3) is 0. The summed E-state index contributed by atoms with van der Waals surface area (Å²) in [5.41, 5.74) is 16.4. The number of benzene rings is 10. The van der Waals surface area contributed by atoms with Gasteiger partial charge in [0, 0.05) is 49.6 Å². The van der Waals surface area contributed by atoms with Gasteiger partial charge in [0.15, 0.2) is 17.5 Å². The Balaban J connectivity index is 0.918. The highest BCUT2D eigenvalue weighted by molar-refractivity contribution is 6.12. The van der Waals surface area contributed by atoms with Gasteiger partial charge in [-0.1, -0.05) is 188 Å². The Bertz CT molecular complexity index is 4020. The zero-order valence-corrected chi connectivity index (χ0v) is 36.9. The van der Waals surface area contributed by atoms with Crippen LogP contribution in [0.2, 0.25) is 0 Å². The molecule has 0 radical (unpaired) electrons. The van der Waals surface area contributed by atoms with Gasteiger partial charge in [-0.25, -0.2) is 15.0 Å². The summed E-state index contributed by atoms with van der Waals surface area (Å²) < 4.78 is 4.78. The van der Waals surface area contributed by atoms with Gasteiger partial charge in [0.1, 0.15) is 0 Å². The summed E-state index contributed by atoms with van der Waals surface area (Å²) in [5, 5.41) is 4.91. The Morgan fingerprint density at radius 3 is 1.43 bits per heavy atom. The minimum atomic E-state index is 0.618. The van der Waals surface area contributed by atoms with E-state index in [0.717, 1.165) is 61.4 Å². The molecule has 3 heterocycles. The molecule has 0 aliphatic rings. The minimum Gasteiger partial charge on any atom is -0.309 e. The van der Waals surface area contributed by atoms with Crippen LogP contribution in [0.25, 0.3) is 123 Å². The van der Waals surface area contributed by atoms with E-state index in [2.05, 4.69) is 228 Å². The van der Waals surface area contributed by atoms with Crippen molar-refractivity contribution < 1.29 is 0 Å². The summed E-state index contributed by atoms with van der Waals surface area (Å²) in [5.74, 6) is 1.88. The van der Waals surface area contributed by atoms with Crippen LogP contribution in [0, 0.1) is 0 Å². The fourth-order valence-electron chi connectivity index (χ4n) is 9.99. The number of hydrogen-bond acceptors (Lipinski definition) is 3. The zero-order chi connectivity index (χ0) is 45.0. The number of rotatable bonds is 8. The van der Waals surface area contributed by atoms with E-state index in [1.165, 1.54) is 43.7 Å². The summed E-state index contributed by atoms with van der Waals surface area (Å²) in [6.07, 6.45) is 0. The summed E-state index contributed by atoms with van der Waals surface area (Å²) in [7, 11) is 0. The van der Waals surface area contributed by atoms with Crippen LogP contribution in [0.1, 0.15) is 0 Å². The van der Waals surface area contributed by atoms with Gasteiger partial charge < -0.3 is 9.13 Å². The molecule has 13 aromatic rings. The molecule has 0 aliphatic heterocycles. The Labute approximate surface area is 393 Å². The lowest BCUT2D eigenvalue weighted by Gasteiger charge is -2.13. The summed E-state index contributed by atoms with van der Waals surface area (Å²) in [6, 6.07) is 88.2. The van der Waals surface area contributed by atoms with Crippen molar-refractivity contribution in [2.24, 2.45) is 0 Å². The normalized spacial score (nSPS) is 11.5. The highest BCUT2D eigenvalue weighted by atomic mass is 15.0. The van der Waals surface area contributed by atoms with E-state index < -0.39 is 0 Å². The molecule has 68 heavy (non-hydrogen) atoms. The zero-order valence-electron chi connectivity index (χ0n) is 36.9. The molecule has 5 nitrogen and oxygen atoms in total. The molecule has 3 aromatic heterocycles. The van der Waals surface area contributed by atoms with E-state index in [4.69, 9.17) is 15.0 Å². The molecule has 0 saturated heterocycles. The van der Waals surface area contributed by atoms with E-state index in [0.29, 0.717) is 17.5 Å². The van der Waals surface area contributed by atoms with Gasteiger partial charge in [-0.2, -0.15) is 0 Å². The maximum Gasteiger partial charge on any atom is 0.164 e. The number of aromatic nitrogens is 5. The van der Waals surface area contributed by atoms with Crippen LogP contribution in [0.15, 0.2) is 249 Å². The largest absolute Gasteiger partial charge is 0.309 e. The maximum absolute atomic E-state index is 5.20. The van der Waals surface area contributed by atoms with Crippen molar-refractivity contribution >= 4 is 43.6 Å². The molecule has 0 aliphatic carbocycles. The second kappa shape index (κ2) is 16.4. The third-order valence-corrected chi connectivity index (χ3v) is 13.2. The lowest BCUT2D eigenvalue weighted by Crippen LogP contribution is -2.01. The second-order valence-corrected chi connectivity index (χ2v) is 17.2. The Morgan fingerprint density at radius 2 is 0.676 bits per heavy atom. The van der Waals surface area contributed by atoms with Crippen molar-refractivity contribution in [2.45, 2.75) is 0 Å². The molecule has 0 bridgehead atoms. The number of para-hydroxylation sites is 3. The monoisotopic (exact) mass is 867 g/mol. The predicted octanol–water partition coefficient (Wildman–Crippen LogP) is 16.1. The summed E-state index contributed by atoms with van der Waals surface area (Å²) in [6.45, 7) is 0. The highest BCUT2D eigenvalue weighted by Gasteiger charge is 2.19. The van der Waals surface area contributed by atoms with Crippen molar-refractivity contribution in [1.29, 1.82) is 0 Å². The second-order valence-electron chi connectivity index (χ2n) is 17.2. The highest BCUT2D eigenvalue weighted by Crippen LogP contribution is 2.39. The predicted molar refractivity (Wildman–Crippen MR) is 281 cm³/mol. The van der Waals surface area contributed by atoms with E-state index in [-0.39, 0.29) is 0 Å². The average molecular weight is 868 g/mol. The first-order valence-electron chi connectivity index (χ1n) is 23.0. The van der Waals surface area contributed by atoms with Crippen LogP contribution in [0.3, 0.4) is 0 Å². The summed E-state index contributed by atoms with van der Waals surface area (Å²) in [4.78, 5) is 15.4. The van der Waals surface area contributed by atoms with Gasteiger partial charge >= 0.3 is 0 Å². The van der Waals surface area contributed by atoms with E-state index in [1.54, 1.807) is 0 Å². The fourth-order valence-corrected chi connectivity index (χ4v) is 9.99. The van der Waals surface area contributed by atoms with E-state index in [1.807, 2.05) is 30.3 Å². The van der Waals surface area contributed by atoms with Crippen molar-refractivity contribution in [2.75, 3.05) is 0 Å². The molecule has 13 rings (SSSR count). The number of hydrogen-bond donors (Lipinski definition) is 0. The first-order valence-corrected chi connectivity index (χ1v) is 23.0. The van der Waals surface area contributed by atoms with Crippen LogP contribution in [0.5, 0.6) is 0 Å². The molecule has 0 N–H and O–H groups in total.